The van der Waals surface area contributed by atoms with Crippen LogP contribution in [0.3, 0.4) is 0 Å². The molecule has 10 heteroatoms. The van der Waals surface area contributed by atoms with E-state index in [9.17, 15) is 13.2 Å². The highest BCUT2D eigenvalue weighted by atomic mass is 32.2. The van der Waals surface area contributed by atoms with E-state index in [1.54, 1.807) is 23.9 Å². The summed E-state index contributed by atoms with van der Waals surface area (Å²) in [6.45, 7) is 3.81. The molecule has 0 bridgehead atoms. The molecule has 0 aliphatic carbocycles. The van der Waals surface area contributed by atoms with Crippen LogP contribution >= 0.6 is 11.3 Å². The van der Waals surface area contributed by atoms with E-state index in [1.807, 2.05) is 10.6 Å². The van der Waals surface area contributed by atoms with Gasteiger partial charge in [-0.05, 0) is 6.42 Å². The van der Waals surface area contributed by atoms with Crippen LogP contribution in [0.15, 0.2) is 31.4 Å². The minimum atomic E-state index is -3.59. The molecule has 2 atom stereocenters. The van der Waals surface area contributed by atoms with E-state index in [1.165, 1.54) is 11.0 Å². The van der Waals surface area contributed by atoms with Crippen molar-refractivity contribution < 1.29 is 22.1 Å². The van der Waals surface area contributed by atoms with Gasteiger partial charge in [-0.2, -0.15) is 8.42 Å². The lowest BCUT2D eigenvalue weighted by atomic mass is 10.1. The third-order valence-electron chi connectivity index (χ3n) is 3.83. The van der Waals surface area contributed by atoms with Crippen molar-refractivity contribution in [3.05, 3.63) is 36.3 Å². The van der Waals surface area contributed by atoms with Gasteiger partial charge in [-0.25, -0.2) is 9.78 Å². The lowest BCUT2D eigenvalue weighted by Crippen LogP contribution is -2.37. The second kappa shape index (κ2) is 7.14. The highest BCUT2D eigenvalue weighted by molar-refractivity contribution is 7.86. The zero-order valence-electron chi connectivity index (χ0n) is 13.7. The second-order valence-electron chi connectivity index (χ2n) is 5.87. The molecule has 1 saturated heterocycles. The number of carbonyl (C=O) groups is 1. The number of rotatable bonds is 6. The Morgan fingerprint density at radius 3 is 3.04 bits per heavy atom. The fourth-order valence-corrected chi connectivity index (χ4v) is 4.60. The van der Waals surface area contributed by atoms with Crippen LogP contribution in [0.25, 0.3) is 4.83 Å². The Hall–Kier alpha value is -1.91. The Morgan fingerprint density at radius 2 is 2.36 bits per heavy atom. The summed E-state index contributed by atoms with van der Waals surface area (Å²) < 4.78 is 34.9. The number of ether oxygens (including phenoxy) is 1. The molecular formula is C15H19N3O5S2. The van der Waals surface area contributed by atoms with Gasteiger partial charge in [0.15, 0.2) is 0 Å². The normalized spacial score (nSPS) is 20.9. The molecule has 0 saturated carbocycles. The van der Waals surface area contributed by atoms with Crippen LogP contribution in [0.2, 0.25) is 0 Å². The number of nitrogens with zero attached hydrogens (tertiary/aromatic N) is 3. The predicted molar refractivity (Wildman–Crippen MR) is 93.1 cm³/mol. The first-order valence-electron chi connectivity index (χ1n) is 7.68. The van der Waals surface area contributed by atoms with Gasteiger partial charge >= 0.3 is 6.09 Å². The van der Waals surface area contributed by atoms with Gasteiger partial charge in [0.05, 0.1) is 31.4 Å². The monoisotopic (exact) mass is 385 g/mol. The summed E-state index contributed by atoms with van der Waals surface area (Å²) in [4.78, 5) is 20.0. The van der Waals surface area contributed by atoms with Crippen molar-refractivity contribution in [2.75, 3.05) is 19.4 Å². The maximum absolute atomic E-state index is 12.3. The number of fused-ring (bicyclic) bond motifs is 1. The number of likely N-dealkylation sites (tertiary alicyclic amines) is 1. The third-order valence-corrected chi connectivity index (χ3v) is 5.51. The summed E-state index contributed by atoms with van der Waals surface area (Å²) in [6.07, 6.45) is 7.92. The van der Waals surface area contributed by atoms with Crippen molar-refractivity contribution >= 4 is 32.4 Å². The Balaban J connectivity index is 1.75. The Bertz CT molecular complexity index is 844. The van der Waals surface area contributed by atoms with Crippen LogP contribution < -0.4 is 0 Å². The van der Waals surface area contributed by atoms with Gasteiger partial charge in [0.2, 0.25) is 0 Å². The van der Waals surface area contributed by atoms with Crippen LogP contribution in [-0.4, -0.2) is 60.3 Å². The fourth-order valence-electron chi connectivity index (χ4n) is 2.93. The summed E-state index contributed by atoms with van der Waals surface area (Å²) >= 11 is 1.58. The van der Waals surface area contributed by atoms with Crippen molar-refractivity contribution in [2.24, 2.45) is 0 Å². The lowest BCUT2D eigenvalue weighted by Gasteiger charge is -2.22. The molecule has 0 spiro atoms. The molecule has 2 aromatic rings. The number of amides is 1. The number of aromatic nitrogens is 2. The molecule has 0 unspecified atom stereocenters. The maximum Gasteiger partial charge on any atom is 0.410 e. The van der Waals surface area contributed by atoms with Gasteiger partial charge in [0.25, 0.3) is 10.1 Å². The molecule has 136 valence electrons. The second-order valence-corrected chi connectivity index (χ2v) is 8.62. The van der Waals surface area contributed by atoms with Crippen LogP contribution in [0.4, 0.5) is 4.79 Å². The Kier molecular flexibility index (Phi) is 5.11. The molecule has 1 amide bonds. The standard InChI is InChI=1S/C15H19N3O5S2/c1-3-4-22-15(19)18-8-12(23-25(2,20)21)5-11(18)6-13-9-17-10-16-7-14(17)24-13/h3,7,9-12H,1,4-6,8H2,2H3/t11-,12+/m0/s1. The van der Waals surface area contributed by atoms with Gasteiger partial charge in [-0.15, -0.1) is 11.3 Å². The number of imidazole rings is 1. The maximum atomic E-state index is 12.3. The van der Waals surface area contributed by atoms with E-state index in [4.69, 9.17) is 8.92 Å². The van der Waals surface area contributed by atoms with E-state index in [-0.39, 0.29) is 19.2 Å². The van der Waals surface area contributed by atoms with E-state index in [0.717, 1.165) is 16.0 Å². The number of thiazole rings is 1. The number of hydrogen-bond donors (Lipinski definition) is 0. The van der Waals surface area contributed by atoms with E-state index in [2.05, 4.69) is 11.6 Å². The molecule has 3 heterocycles. The van der Waals surface area contributed by atoms with Crippen molar-refractivity contribution in [3.8, 4) is 0 Å². The van der Waals surface area contributed by atoms with Crippen LogP contribution in [-0.2, 0) is 25.5 Å². The lowest BCUT2D eigenvalue weighted by molar-refractivity contribution is 0.104. The first-order chi connectivity index (χ1) is 11.9. The Labute approximate surface area is 149 Å². The molecule has 0 N–H and O–H groups in total. The summed E-state index contributed by atoms with van der Waals surface area (Å²) in [5.74, 6) is 0. The Morgan fingerprint density at radius 1 is 1.56 bits per heavy atom. The van der Waals surface area contributed by atoms with Crippen molar-refractivity contribution in [2.45, 2.75) is 25.0 Å². The van der Waals surface area contributed by atoms with E-state index < -0.39 is 22.3 Å². The van der Waals surface area contributed by atoms with Gasteiger partial charge in [-0.3, -0.25) is 8.58 Å². The average Bonchev–Trinajstić information content (AvgIpc) is 3.18. The summed E-state index contributed by atoms with van der Waals surface area (Å²) in [5.41, 5.74) is 0. The molecular weight excluding hydrogens is 366 g/mol. The number of hydrogen-bond acceptors (Lipinski definition) is 7. The third kappa shape index (κ3) is 4.39. The minimum Gasteiger partial charge on any atom is -0.445 e. The zero-order valence-corrected chi connectivity index (χ0v) is 15.3. The van der Waals surface area contributed by atoms with E-state index >= 15 is 0 Å². The fraction of sp³-hybridized carbons (Fsp3) is 0.467. The number of carbonyl (C=O) groups excluding carboxylic acids is 1. The summed E-state index contributed by atoms with van der Waals surface area (Å²) in [7, 11) is -3.59. The van der Waals surface area contributed by atoms with Gasteiger partial charge in [0.1, 0.15) is 11.4 Å². The van der Waals surface area contributed by atoms with Crippen LogP contribution in [0, 0.1) is 0 Å². The van der Waals surface area contributed by atoms with Gasteiger partial charge in [0, 0.05) is 23.5 Å². The largest absolute Gasteiger partial charge is 0.445 e. The first kappa shape index (κ1) is 17.9. The zero-order chi connectivity index (χ0) is 18.0. The highest BCUT2D eigenvalue weighted by Crippen LogP contribution is 2.28. The predicted octanol–water partition coefficient (Wildman–Crippen LogP) is 1.68. The van der Waals surface area contributed by atoms with E-state index in [0.29, 0.717) is 12.8 Å². The van der Waals surface area contributed by atoms with Gasteiger partial charge < -0.3 is 9.64 Å². The molecule has 2 aromatic heterocycles. The van der Waals surface area contributed by atoms with Crippen molar-refractivity contribution in [1.82, 2.24) is 14.3 Å². The average molecular weight is 385 g/mol. The van der Waals surface area contributed by atoms with Crippen LogP contribution in [0.1, 0.15) is 11.3 Å². The molecule has 3 rings (SSSR count). The molecule has 1 aliphatic heterocycles. The molecule has 0 radical (unpaired) electrons. The SMILES string of the molecule is C=CCOC(=O)N1C[C@H](OS(C)(=O)=O)C[C@H]1Cc1cn2cncc2s1. The highest BCUT2D eigenvalue weighted by Gasteiger charge is 2.38. The topological polar surface area (TPSA) is 90.2 Å². The molecule has 0 aromatic carbocycles. The minimum absolute atomic E-state index is 0.105. The quantitative estimate of drug-likeness (QED) is 0.555. The van der Waals surface area contributed by atoms with Crippen LogP contribution in [0.5, 0.6) is 0 Å². The summed E-state index contributed by atoms with van der Waals surface area (Å²) in [6, 6.07) is -0.194. The van der Waals surface area contributed by atoms with Crippen molar-refractivity contribution in [3.63, 3.8) is 0 Å². The smallest absolute Gasteiger partial charge is 0.410 e. The molecule has 8 nitrogen and oxygen atoms in total. The molecule has 1 aliphatic rings. The van der Waals surface area contributed by atoms with Crippen molar-refractivity contribution in [1.29, 1.82) is 0 Å². The van der Waals surface area contributed by atoms with Gasteiger partial charge in [-0.1, -0.05) is 12.7 Å². The molecule has 1 fully saturated rings. The first-order valence-corrected chi connectivity index (χ1v) is 10.3. The molecule has 25 heavy (non-hydrogen) atoms. The summed E-state index contributed by atoms with van der Waals surface area (Å²) in [5, 5.41) is 0.